The van der Waals surface area contributed by atoms with E-state index in [1.165, 1.54) is 6.42 Å². The zero-order valence-electron chi connectivity index (χ0n) is 10.0. The average Bonchev–Trinajstić information content (AvgIpc) is 2.15. The van der Waals surface area contributed by atoms with Gasteiger partial charge in [0, 0.05) is 12.5 Å². The van der Waals surface area contributed by atoms with Crippen LogP contribution in [-0.4, -0.2) is 19.0 Å². The molecule has 0 N–H and O–H groups in total. The van der Waals surface area contributed by atoms with Crippen molar-refractivity contribution in [2.24, 2.45) is 11.8 Å². The molecule has 0 bridgehead atoms. The number of rotatable bonds is 8. The summed E-state index contributed by atoms with van der Waals surface area (Å²) >= 11 is 0. The molecule has 2 nitrogen and oxygen atoms in total. The lowest BCUT2D eigenvalue weighted by atomic mass is 10.0. The van der Waals surface area contributed by atoms with E-state index in [0.717, 1.165) is 25.4 Å². The molecule has 0 aromatic carbocycles. The Morgan fingerprint density at radius 1 is 1.29 bits per heavy atom. The molecule has 0 radical (unpaired) electrons. The van der Waals surface area contributed by atoms with E-state index < -0.39 is 0 Å². The van der Waals surface area contributed by atoms with Crippen molar-refractivity contribution in [2.45, 2.75) is 47.0 Å². The van der Waals surface area contributed by atoms with Crippen LogP contribution in [0, 0.1) is 11.8 Å². The van der Waals surface area contributed by atoms with Crippen molar-refractivity contribution in [1.82, 2.24) is 0 Å². The van der Waals surface area contributed by atoms with Crippen molar-refractivity contribution >= 4 is 5.78 Å². The van der Waals surface area contributed by atoms with Gasteiger partial charge in [0.05, 0.1) is 0 Å². The fourth-order valence-electron chi connectivity index (χ4n) is 1.14. The van der Waals surface area contributed by atoms with E-state index in [1.54, 1.807) is 0 Å². The lowest BCUT2D eigenvalue weighted by Crippen LogP contribution is -2.17. The van der Waals surface area contributed by atoms with E-state index in [1.807, 2.05) is 13.8 Å². The summed E-state index contributed by atoms with van der Waals surface area (Å²) in [6.07, 6.45) is 3.15. The molecule has 0 aromatic rings. The second-order valence-corrected chi connectivity index (χ2v) is 4.36. The summed E-state index contributed by atoms with van der Waals surface area (Å²) in [7, 11) is 0. The quantitative estimate of drug-likeness (QED) is 0.563. The minimum atomic E-state index is 0.153. The van der Waals surface area contributed by atoms with Gasteiger partial charge < -0.3 is 4.74 Å². The Morgan fingerprint density at radius 2 is 1.93 bits per heavy atom. The van der Waals surface area contributed by atoms with Gasteiger partial charge in [-0.15, -0.1) is 0 Å². The molecule has 0 saturated heterocycles. The van der Waals surface area contributed by atoms with Crippen LogP contribution in [0.15, 0.2) is 0 Å². The third-order valence-electron chi connectivity index (χ3n) is 2.48. The Balaban J connectivity index is 3.32. The van der Waals surface area contributed by atoms with Gasteiger partial charge in [0.1, 0.15) is 6.61 Å². The summed E-state index contributed by atoms with van der Waals surface area (Å²) in [5.41, 5.74) is 0. The van der Waals surface area contributed by atoms with Gasteiger partial charge in [-0.25, -0.2) is 0 Å². The van der Waals surface area contributed by atoms with Crippen molar-refractivity contribution in [2.75, 3.05) is 13.2 Å². The van der Waals surface area contributed by atoms with Crippen LogP contribution in [0.2, 0.25) is 0 Å². The Kier molecular flexibility index (Phi) is 7.77. The number of carbonyl (C=O) groups is 1. The summed E-state index contributed by atoms with van der Waals surface area (Å²) in [4.78, 5) is 11.3. The molecular weight excluding hydrogens is 176 g/mol. The van der Waals surface area contributed by atoms with Crippen molar-refractivity contribution in [3.63, 3.8) is 0 Å². The average molecular weight is 200 g/mol. The van der Waals surface area contributed by atoms with E-state index in [9.17, 15) is 4.79 Å². The van der Waals surface area contributed by atoms with E-state index in [0.29, 0.717) is 6.61 Å². The van der Waals surface area contributed by atoms with Crippen LogP contribution in [0.25, 0.3) is 0 Å². The van der Waals surface area contributed by atoms with E-state index in [2.05, 4.69) is 13.8 Å². The van der Waals surface area contributed by atoms with Gasteiger partial charge in [0.25, 0.3) is 0 Å². The van der Waals surface area contributed by atoms with E-state index in [-0.39, 0.29) is 11.7 Å². The largest absolute Gasteiger partial charge is 0.374 e. The minimum absolute atomic E-state index is 0.153. The van der Waals surface area contributed by atoms with Gasteiger partial charge in [0.15, 0.2) is 5.78 Å². The van der Waals surface area contributed by atoms with E-state index in [4.69, 9.17) is 4.74 Å². The van der Waals surface area contributed by atoms with Gasteiger partial charge in [-0.1, -0.05) is 27.7 Å². The molecule has 0 amide bonds. The molecule has 0 heterocycles. The molecule has 0 fully saturated rings. The highest BCUT2D eigenvalue weighted by Crippen LogP contribution is 2.05. The SMILES string of the molecule is CCC(C)C(=O)COCCCC(C)C. The zero-order chi connectivity index (χ0) is 11.0. The third kappa shape index (κ3) is 7.07. The second-order valence-electron chi connectivity index (χ2n) is 4.36. The van der Waals surface area contributed by atoms with Crippen molar-refractivity contribution < 1.29 is 9.53 Å². The minimum Gasteiger partial charge on any atom is -0.374 e. The molecule has 0 rings (SSSR count). The third-order valence-corrected chi connectivity index (χ3v) is 2.48. The molecular formula is C12H24O2. The zero-order valence-corrected chi connectivity index (χ0v) is 10.0. The number of hydrogen-bond acceptors (Lipinski definition) is 2. The van der Waals surface area contributed by atoms with Gasteiger partial charge in [-0.05, 0) is 25.2 Å². The fraction of sp³-hybridized carbons (Fsp3) is 0.917. The molecule has 0 saturated carbocycles. The molecule has 1 unspecified atom stereocenters. The normalized spacial score (nSPS) is 13.2. The Bertz CT molecular complexity index is 152. The Hall–Kier alpha value is -0.370. The number of ether oxygens (including phenoxy) is 1. The lowest BCUT2D eigenvalue weighted by molar-refractivity contribution is -0.127. The number of hydrogen-bond donors (Lipinski definition) is 0. The molecule has 0 aromatic heterocycles. The van der Waals surface area contributed by atoms with Crippen LogP contribution >= 0.6 is 0 Å². The number of ketones is 1. The summed E-state index contributed by atoms with van der Waals surface area (Å²) in [5, 5.41) is 0. The first-order valence-corrected chi connectivity index (χ1v) is 5.68. The van der Waals surface area contributed by atoms with Crippen molar-refractivity contribution in [3.05, 3.63) is 0 Å². The van der Waals surface area contributed by atoms with E-state index >= 15 is 0 Å². The highest BCUT2D eigenvalue weighted by atomic mass is 16.5. The highest BCUT2D eigenvalue weighted by Gasteiger charge is 2.09. The van der Waals surface area contributed by atoms with Crippen LogP contribution in [0.5, 0.6) is 0 Å². The lowest BCUT2D eigenvalue weighted by Gasteiger charge is -2.08. The topological polar surface area (TPSA) is 26.3 Å². The first kappa shape index (κ1) is 13.6. The Morgan fingerprint density at radius 3 is 2.43 bits per heavy atom. The van der Waals surface area contributed by atoms with Crippen LogP contribution in [-0.2, 0) is 9.53 Å². The molecule has 14 heavy (non-hydrogen) atoms. The predicted molar refractivity (Wildman–Crippen MR) is 59.4 cm³/mol. The Labute approximate surface area is 88.0 Å². The van der Waals surface area contributed by atoms with Gasteiger partial charge in [0.2, 0.25) is 0 Å². The van der Waals surface area contributed by atoms with Crippen LogP contribution < -0.4 is 0 Å². The maximum atomic E-state index is 11.3. The predicted octanol–water partition coefficient (Wildman–Crippen LogP) is 3.05. The highest BCUT2D eigenvalue weighted by molar-refractivity contribution is 5.81. The number of Topliss-reactive ketones (excluding diaryl/α,β-unsaturated/α-hetero) is 1. The van der Waals surface area contributed by atoms with Crippen LogP contribution in [0.1, 0.15) is 47.0 Å². The monoisotopic (exact) mass is 200 g/mol. The molecule has 2 heteroatoms. The standard InChI is InChI=1S/C12H24O2/c1-5-11(4)12(13)9-14-8-6-7-10(2)3/h10-11H,5-9H2,1-4H3. The second kappa shape index (κ2) is 7.98. The summed E-state index contributed by atoms with van der Waals surface area (Å²) < 4.78 is 5.32. The molecule has 0 aliphatic heterocycles. The number of carbonyl (C=O) groups excluding carboxylic acids is 1. The smallest absolute Gasteiger partial charge is 0.161 e. The summed E-state index contributed by atoms with van der Waals surface area (Å²) in [6, 6.07) is 0. The van der Waals surface area contributed by atoms with Crippen molar-refractivity contribution in [1.29, 1.82) is 0 Å². The summed E-state index contributed by atoms with van der Waals surface area (Å²) in [6.45, 7) is 9.41. The van der Waals surface area contributed by atoms with Gasteiger partial charge in [-0.3, -0.25) is 4.79 Å². The molecule has 1 atom stereocenters. The fourth-order valence-corrected chi connectivity index (χ4v) is 1.14. The molecule has 0 spiro atoms. The first-order chi connectivity index (χ1) is 6.57. The maximum Gasteiger partial charge on any atom is 0.161 e. The van der Waals surface area contributed by atoms with Gasteiger partial charge in [-0.2, -0.15) is 0 Å². The molecule has 0 aliphatic carbocycles. The van der Waals surface area contributed by atoms with Crippen LogP contribution in [0.4, 0.5) is 0 Å². The molecule has 84 valence electrons. The first-order valence-electron chi connectivity index (χ1n) is 5.68. The maximum absolute atomic E-state index is 11.3. The van der Waals surface area contributed by atoms with Crippen molar-refractivity contribution in [3.8, 4) is 0 Å². The van der Waals surface area contributed by atoms with Gasteiger partial charge >= 0.3 is 0 Å². The van der Waals surface area contributed by atoms with Crippen LogP contribution in [0.3, 0.4) is 0 Å². The summed E-state index contributed by atoms with van der Waals surface area (Å²) in [5.74, 6) is 1.11. The molecule has 0 aliphatic rings.